The molecule has 16 rings (SSSR count). The molecule has 8 aromatic rings. The molecular weight excluding hydrogens is 1710 g/mol. The molecule has 0 unspecified atom stereocenters. The number of carbonyl (C=O) groups is 4. The number of hydrogen-bond donors (Lipinski definition) is 0. The van der Waals surface area contributed by atoms with Gasteiger partial charge in [-0.2, -0.15) is 0 Å². The van der Waals surface area contributed by atoms with Crippen molar-refractivity contribution >= 4 is 23.1 Å². The Morgan fingerprint density at radius 2 is 0.656 bits per heavy atom. The predicted molar refractivity (Wildman–Crippen MR) is 481 cm³/mol. The fourth-order valence-corrected chi connectivity index (χ4v) is 19.5. The summed E-state index contributed by atoms with van der Waals surface area (Å²) in [6, 6.07) is 13.0. The monoisotopic (exact) mass is 1820 g/mol. The Labute approximate surface area is 758 Å². The zero-order valence-electron chi connectivity index (χ0n) is 77.4. The minimum absolute atomic E-state index is 0. The summed E-state index contributed by atoms with van der Waals surface area (Å²) in [5, 5.41) is 0. The second-order valence-corrected chi connectivity index (χ2v) is 36.3. The van der Waals surface area contributed by atoms with Crippen LogP contribution in [0.25, 0.3) is 45.0 Å². The molecule has 32 heteroatoms. The van der Waals surface area contributed by atoms with Crippen LogP contribution in [0.15, 0.2) is 92.5 Å². The van der Waals surface area contributed by atoms with Gasteiger partial charge in [-0.3, -0.25) is 38.4 Å². The van der Waals surface area contributed by atoms with Gasteiger partial charge in [-0.05, 0) is 124 Å². The van der Waals surface area contributed by atoms with Crippen LogP contribution >= 0.6 is 0 Å². The maximum atomic E-state index is 15.6. The molecule has 4 aromatic heterocycles. The van der Waals surface area contributed by atoms with E-state index in [1.54, 1.807) is 71.0 Å². The van der Waals surface area contributed by atoms with Gasteiger partial charge in [-0.1, -0.05) is 49.0 Å². The number of ketones is 4. The minimum Gasteiger partial charge on any atom is -0.493 e. The number of Topliss-reactive ketones (excluding diaryl/α,β-unsaturated/α-hetero) is 4. The quantitative estimate of drug-likeness (QED) is 0.0250. The van der Waals surface area contributed by atoms with Crippen molar-refractivity contribution in [3.05, 3.63) is 182 Å². The van der Waals surface area contributed by atoms with Gasteiger partial charge in [0.05, 0.1) is 156 Å². The molecule has 8 atom stereocenters. The zero-order chi connectivity index (χ0) is 94.2. The molecule has 4 fully saturated rings. The molecule has 28 nitrogen and oxygen atoms in total. The van der Waals surface area contributed by atoms with Gasteiger partial charge in [0, 0.05) is 157 Å². The maximum Gasteiger partial charge on any atom is 0.228 e. The van der Waals surface area contributed by atoms with Gasteiger partial charge in [0.15, 0.2) is 92.4 Å². The molecule has 4 saturated heterocycles. The van der Waals surface area contributed by atoms with E-state index >= 15 is 17.6 Å². The summed E-state index contributed by atoms with van der Waals surface area (Å²) >= 11 is 0. The van der Waals surface area contributed by atoms with Gasteiger partial charge in [-0.25, -0.2) is 17.6 Å². The summed E-state index contributed by atoms with van der Waals surface area (Å²) in [6.45, 7) is 27.6. The standard InChI is InChI=1S/2C25H30FNO6.2C24H28FNO6.CH4/c1-14(28)17-13-27-21(20(26)22(17)29)15-11-18(31-5)19(32-9-6-8-30-4)12-16(15)23-24(27)25(2,3)7-10-33-23;1-14(28)17-11-27-22(21(26)23(17)29)16-10-19(31-5)20(33-8-6-7-30-4)9-15(16)18-12-32-13-25(2,3)24(18)27;1-13(27)16-11-26-21(20(25)22(16)28)15-10-18(30-5)19(31-8-6-7-29-4)9-14(15)17-12-32-24(2,3)23(17)26;1-13(27)16-11-26-20(19(25)21(16)28)14-9-17(30-5)18(31-8-6-7-29-4)10-15(14)22-23(26)24(2,3)12-32-22;/h11-13,23-24H,6-10H2,1-5H3;9-11,18,24H,6-8,12-13H2,1-5H3;9-11,17,23H,6-8,12H2,1-5H3;9-11,22-23H,6-8,12H2,1-5H3;1H4/t23-,24+;18-,24+;17-,23+;22-,23+;/m1111./s1. The van der Waals surface area contributed by atoms with Gasteiger partial charge in [0.2, 0.25) is 21.7 Å². The second kappa shape index (κ2) is 40.3. The van der Waals surface area contributed by atoms with Gasteiger partial charge in [0.1, 0.15) is 12.2 Å². The number of pyridine rings is 4. The molecule has 0 amide bonds. The lowest BCUT2D eigenvalue weighted by atomic mass is 9.70. The molecule has 8 aliphatic heterocycles. The highest BCUT2D eigenvalue weighted by atomic mass is 19.1. The van der Waals surface area contributed by atoms with E-state index in [1.807, 2.05) is 65.8 Å². The molecule has 0 saturated carbocycles. The van der Waals surface area contributed by atoms with Crippen LogP contribution in [0.4, 0.5) is 17.6 Å². The molecule has 4 aromatic carbocycles. The van der Waals surface area contributed by atoms with Crippen molar-refractivity contribution in [2.45, 2.75) is 176 Å². The van der Waals surface area contributed by atoms with Crippen LogP contribution in [-0.2, 0) is 37.9 Å². The van der Waals surface area contributed by atoms with Gasteiger partial charge in [0.25, 0.3) is 0 Å². The minimum atomic E-state index is -0.948. The molecule has 0 radical (unpaired) electrons. The highest BCUT2D eigenvalue weighted by Crippen LogP contribution is 2.61. The number of rotatable bonds is 28. The van der Waals surface area contributed by atoms with Crippen molar-refractivity contribution in [2.24, 2.45) is 16.2 Å². The van der Waals surface area contributed by atoms with Crippen LogP contribution < -0.4 is 59.6 Å². The highest BCUT2D eigenvalue weighted by molar-refractivity contribution is 5.96. The van der Waals surface area contributed by atoms with Gasteiger partial charge in [-0.15, -0.1) is 0 Å². The van der Waals surface area contributed by atoms with E-state index in [2.05, 4.69) is 13.8 Å². The maximum absolute atomic E-state index is 15.6. The average molecular weight is 1830 g/mol. The first-order chi connectivity index (χ1) is 61.8. The number of fused-ring (bicyclic) bond motifs is 24. The highest BCUT2D eigenvalue weighted by Gasteiger charge is 2.54. The summed E-state index contributed by atoms with van der Waals surface area (Å²) in [7, 11) is 12.6. The smallest absolute Gasteiger partial charge is 0.228 e. The molecular formula is C99H120F4N4O24. The van der Waals surface area contributed by atoms with Gasteiger partial charge < -0.3 is 94.1 Å². The van der Waals surface area contributed by atoms with E-state index in [-0.39, 0.29) is 111 Å². The third kappa shape index (κ3) is 18.8. The SMILES string of the molecule is C.COCCCOc1cc2c(cc1OC)-c1c(F)c(=O)c(C(C)=O)cn1[C@H]1[C@@H]2COC1(C)C.COCCCOc1cc2c(cc1OC)-c1c(F)c(=O)c(C(C)=O)cn1[C@H]1[C@@H]2COCC1(C)C.COCCCOc1cc2c(cc1OC)-c1c(F)c(=O)c(C(C)=O)cn1[C@H]1[C@@H]2OCC1(C)C.COCCCOc1cc2c(cc1OC)-c1c(F)c(=O)c(C(C)=O)cn1[C@H]1[C@@H]2OCCC1(C)C. The number of hydrogen-bond acceptors (Lipinski definition) is 24. The number of nitrogens with zero attached hydrogens (tertiary/aromatic N) is 4. The number of ether oxygens (including phenoxy) is 16. The van der Waals surface area contributed by atoms with Crippen molar-refractivity contribution < 1.29 is 113 Å². The van der Waals surface area contributed by atoms with Crippen LogP contribution in [0.2, 0.25) is 0 Å². The fourth-order valence-electron chi connectivity index (χ4n) is 19.5. The predicted octanol–water partition coefficient (Wildman–Crippen LogP) is 16.6. The molecule has 0 bridgehead atoms. The van der Waals surface area contributed by atoms with Crippen molar-refractivity contribution in [3.8, 4) is 91.0 Å². The second-order valence-electron chi connectivity index (χ2n) is 36.3. The Kier molecular flexibility index (Phi) is 30.5. The average Bonchev–Trinajstić information content (AvgIpc) is 1.70. The summed E-state index contributed by atoms with van der Waals surface area (Å²) in [4.78, 5) is 99.1. The van der Waals surface area contributed by atoms with Crippen LogP contribution in [0, 0.1) is 39.5 Å². The topological polar surface area (TPSA) is 304 Å². The Morgan fingerprint density at radius 1 is 0.366 bits per heavy atom. The van der Waals surface area contributed by atoms with Crippen molar-refractivity contribution in [1.82, 2.24) is 18.3 Å². The van der Waals surface area contributed by atoms with E-state index in [9.17, 15) is 38.4 Å². The van der Waals surface area contributed by atoms with E-state index in [1.165, 1.54) is 80.9 Å². The number of carbonyl (C=O) groups excluding carboxylic acids is 4. The lowest BCUT2D eigenvalue weighted by Crippen LogP contribution is -2.45. The lowest BCUT2D eigenvalue weighted by Gasteiger charge is -2.49. The molecule has 12 heterocycles. The normalized spacial score (nSPS) is 20.2. The lowest BCUT2D eigenvalue weighted by molar-refractivity contribution is -0.0859. The molecule has 8 aliphatic rings. The number of aromatic nitrogens is 4. The molecule has 708 valence electrons. The summed E-state index contributed by atoms with van der Waals surface area (Å²) in [6.07, 6.45) is 8.73. The van der Waals surface area contributed by atoms with E-state index < -0.39 is 79.8 Å². The van der Waals surface area contributed by atoms with E-state index in [0.717, 1.165) is 28.7 Å². The number of methoxy groups -OCH3 is 8. The molecule has 0 aliphatic carbocycles. The Balaban J connectivity index is 0.000000157. The van der Waals surface area contributed by atoms with Gasteiger partial charge >= 0.3 is 0 Å². The van der Waals surface area contributed by atoms with Crippen molar-refractivity contribution in [2.75, 3.05) is 143 Å². The van der Waals surface area contributed by atoms with E-state index in [4.69, 9.17) is 75.8 Å². The Bertz CT molecular complexity index is 5590. The number of benzene rings is 4. The van der Waals surface area contributed by atoms with Crippen LogP contribution in [0.3, 0.4) is 0 Å². The van der Waals surface area contributed by atoms with Crippen LogP contribution in [0.5, 0.6) is 46.0 Å². The van der Waals surface area contributed by atoms with Crippen molar-refractivity contribution in [3.63, 3.8) is 0 Å². The first-order valence-electron chi connectivity index (χ1n) is 43.5. The first kappa shape index (κ1) is 99.2. The Morgan fingerprint density at radius 3 is 0.985 bits per heavy atom. The summed E-state index contributed by atoms with van der Waals surface area (Å²) in [5.41, 5.74) is -0.0486. The molecule has 0 N–H and O–H groups in total. The fraction of sp³-hybridized carbons (Fsp3) is 0.515. The first-order valence-corrected chi connectivity index (χ1v) is 43.5. The third-order valence-corrected chi connectivity index (χ3v) is 25.7. The van der Waals surface area contributed by atoms with Crippen molar-refractivity contribution in [1.29, 1.82) is 0 Å². The molecule has 0 spiro atoms. The number of halogens is 4. The third-order valence-electron chi connectivity index (χ3n) is 25.7. The molecule has 131 heavy (non-hydrogen) atoms. The zero-order valence-corrected chi connectivity index (χ0v) is 77.4. The summed E-state index contributed by atoms with van der Waals surface area (Å²) < 4.78 is 160. The van der Waals surface area contributed by atoms with E-state index in [0.29, 0.717) is 180 Å². The largest absolute Gasteiger partial charge is 0.493 e. The Hall–Kier alpha value is -10.8. The van der Waals surface area contributed by atoms with Crippen LogP contribution in [-0.4, -0.2) is 190 Å². The summed E-state index contributed by atoms with van der Waals surface area (Å²) in [5.74, 6) is -2.02. The van der Waals surface area contributed by atoms with Crippen LogP contribution in [0.1, 0.15) is 235 Å².